The molecular weight excluding hydrogens is 434 g/mol. The molecule has 3 aromatic carbocycles. The number of allylic oxidation sites excluding steroid dienone is 1. The van der Waals surface area contributed by atoms with E-state index in [-0.39, 0.29) is 11.5 Å². The first-order chi connectivity index (χ1) is 16.8. The molecule has 0 unspecified atom stereocenters. The van der Waals surface area contributed by atoms with Crippen molar-refractivity contribution in [3.63, 3.8) is 0 Å². The number of ketones is 1. The van der Waals surface area contributed by atoms with E-state index in [0.29, 0.717) is 6.54 Å². The van der Waals surface area contributed by atoms with Crippen LogP contribution in [0.1, 0.15) is 27.0 Å². The van der Waals surface area contributed by atoms with Crippen LogP contribution in [-0.4, -0.2) is 68.0 Å². The molecule has 35 heavy (non-hydrogen) atoms. The molecule has 1 aliphatic rings. The summed E-state index contributed by atoms with van der Waals surface area (Å²) in [6.45, 7) is 6.48. The van der Waals surface area contributed by atoms with Crippen molar-refractivity contribution >= 4 is 17.5 Å². The Balaban J connectivity index is 1.68. The molecule has 0 radical (unpaired) electrons. The van der Waals surface area contributed by atoms with Gasteiger partial charge in [-0.1, -0.05) is 42.5 Å². The molecule has 182 valence electrons. The molecule has 0 bridgehead atoms. The average molecular weight is 470 g/mol. The van der Waals surface area contributed by atoms with Gasteiger partial charge in [-0.3, -0.25) is 4.79 Å². The number of anilines is 1. The van der Waals surface area contributed by atoms with Crippen molar-refractivity contribution in [2.24, 2.45) is 0 Å². The number of piperazine rings is 1. The minimum absolute atomic E-state index is 0.0170. The maximum absolute atomic E-state index is 13.6. The largest absolute Gasteiger partial charge is 0.508 e. The molecule has 0 saturated carbocycles. The number of aryl methyl sites for hydroxylation is 1. The molecule has 5 nitrogen and oxygen atoms in total. The second-order valence-electron chi connectivity index (χ2n) is 9.66. The van der Waals surface area contributed by atoms with Gasteiger partial charge in [0.1, 0.15) is 5.75 Å². The summed E-state index contributed by atoms with van der Waals surface area (Å²) in [7, 11) is 6.06. The van der Waals surface area contributed by atoms with E-state index >= 15 is 0 Å². The Labute approximate surface area is 208 Å². The summed E-state index contributed by atoms with van der Waals surface area (Å²) in [6.07, 6.45) is 3.50. The number of carbonyl (C=O) groups is 1. The Morgan fingerprint density at radius 2 is 1.74 bits per heavy atom. The van der Waals surface area contributed by atoms with Crippen LogP contribution >= 0.6 is 0 Å². The van der Waals surface area contributed by atoms with Crippen molar-refractivity contribution < 1.29 is 9.90 Å². The molecule has 5 heteroatoms. The van der Waals surface area contributed by atoms with E-state index in [1.165, 1.54) is 5.56 Å². The first-order valence-corrected chi connectivity index (χ1v) is 12.1. The monoisotopic (exact) mass is 469 g/mol. The van der Waals surface area contributed by atoms with Crippen LogP contribution in [0.15, 0.2) is 66.7 Å². The number of carbonyl (C=O) groups excluding carboxylic acids is 1. The van der Waals surface area contributed by atoms with E-state index in [1.54, 1.807) is 12.1 Å². The van der Waals surface area contributed by atoms with Gasteiger partial charge < -0.3 is 19.8 Å². The predicted octanol–water partition coefficient (Wildman–Crippen LogP) is 5.08. The maximum Gasteiger partial charge on any atom is 0.187 e. The number of benzene rings is 3. The molecule has 1 N–H and O–H groups in total. The van der Waals surface area contributed by atoms with Gasteiger partial charge in [0.2, 0.25) is 0 Å². The van der Waals surface area contributed by atoms with E-state index in [0.717, 1.165) is 59.7 Å². The number of rotatable bonds is 7. The third-order valence-electron chi connectivity index (χ3n) is 6.58. The normalized spacial score (nSPS) is 14.7. The van der Waals surface area contributed by atoms with Gasteiger partial charge >= 0.3 is 0 Å². The van der Waals surface area contributed by atoms with E-state index in [4.69, 9.17) is 0 Å². The van der Waals surface area contributed by atoms with Gasteiger partial charge in [-0.05, 0) is 80.7 Å². The Hall–Kier alpha value is -3.41. The quantitative estimate of drug-likeness (QED) is 0.386. The molecule has 0 spiro atoms. The number of likely N-dealkylation sites (N-methyl/N-ethyl adjacent to an activating group) is 1. The van der Waals surface area contributed by atoms with Gasteiger partial charge in [-0.15, -0.1) is 0 Å². The van der Waals surface area contributed by atoms with Crippen molar-refractivity contribution in [1.82, 2.24) is 9.80 Å². The zero-order valence-electron chi connectivity index (χ0n) is 21.2. The van der Waals surface area contributed by atoms with Crippen molar-refractivity contribution in [3.8, 4) is 16.9 Å². The molecule has 0 amide bonds. The second kappa shape index (κ2) is 10.9. The number of aromatic hydroxyl groups is 1. The molecule has 1 heterocycles. The standard InChI is InChI=1S/C30H35N3O2/c1-22-7-5-6-8-26(22)24-11-12-28(33-17-15-32(4)16-18-33)27(20-24)30(35)14-10-23-9-13-29(34)25(19-23)21-31(2)3/h5-14,19-20,34H,15-18,21H2,1-4H3/b14-10+. The van der Waals surface area contributed by atoms with E-state index in [9.17, 15) is 9.90 Å². The first-order valence-electron chi connectivity index (χ1n) is 12.1. The summed E-state index contributed by atoms with van der Waals surface area (Å²) in [4.78, 5) is 20.2. The highest BCUT2D eigenvalue weighted by molar-refractivity contribution is 6.11. The fourth-order valence-electron chi connectivity index (χ4n) is 4.56. The summed E-state index contributed by atoms with van der Waals surface area (Å²) in [5.74, 6) is 0.252. The molecule has 4 rings (SSSR count). The fourth-order valence-corrected chi connectivity index (χ4v) is 4.56. The third kappa shape index (κ3) is 5.99. The van der Waals surface area contributed by atoms with Crippen LogP contribution in [0, 0.1) is 6.92 Å². The van der Waals surface area contributed by atoms with Gasteiger partial charge in [0.15, 0.2) is 5.78 Å². The SMILES string of the molecule is Cc1ccccc1-c1ccc(N2CCN(C)CC2)c(C(=O)/C=C/c2ccc(O)c(CN(C)C)c2)c1. The number of nitrogens with zero attached hydrogens (tertiary/aromatic N) is 3. The van der Waals surface area contributed by atoms with Crippen LogP contribution < -0.4 is 4.90 Å². The Morgan fingerprint density at radius 1 is 1.00 bits per heavy atom. The number of phenols is 1. The Kier molecular flexibility index (Phi) is 7.69. The maximum atomic E-state index is 13.6. The molecule has 0 atom stereocenters. The number of phenolic OH excluding ortho intramolecular Hbond substituents is 1. The number of hydrogen-bond acceptors (Lipinski definition) is 5. The average Bonchev–Trinajstić information content (AvgIpc) is 2.84. The van der Waals surface area contributed by atoms with Crippen LogP contribution in [0.4, 0.5) is 5.69 Å². The van der Waals surface area contributed by atoms with Crippen LogP contribution in [0.3, 0.4) is 0 Å². The van der Waals surface area contributed by atoms with E-state index < -0.39 is 0 Å². The van der Waals surface area contributed by atoms with Crippen molar-refractivity contribution in [2.45, 2.75) is 13.5 Å². The molecular formula is C30H35N3O2. The lowest BCUT2D eigenvalue weighted by Crippen LogP contribution is -2.45. The summed E-state index contributed by atoms with van der Waals surface area (Å²) < 4.78 is 0. The first kappa shape index (κ1) is 24.7. The third-order valence-corrected chi connectivity index (χ3v) is 6.58. The summed E-state index contributed by atoms with van der Waals surface area (Å²) >= 11 is 0. The summed E-state index contributed by atoms with van der Waals surface area (Å²) in [6, 6.07) is 20.0. The highest BCUT2D eigenvalue weighted by atomic mass is 16.3. The minimum Gasteiger partial charge on any atom is -0.508 e. The van der Waals surface area contributed by atoms with Crippen LogP contribution in [-0.2, 0) is 6.54 Å². The van der Waals surface area contributed by atoms with Gasteiger partial charge in [0.05, 0.1) is 0 Å². The highest BCUT2D eigenvalue weighted by Crippen LogP contribution is 2.31. The molecule has 0 aliphatic carbocycles. The summed E-state index contributed by atoms with van der Waals surface area (Å²) in [5.41, 5.74) is 6.82. The number of hydrogen-bond donors (Lipinski definition) is 1. The second-order valence-corrected chi connectivity index (χ2v) is 9.66. The molecule has 1 saturated heterocycles. The Bertz CT molecular complexity index is 1220. The highest BCUT2D eigenvalue weighted by Gasteiger charge is 2.20. The zero-order valence-corrected chi connectivity index (χ0v) is 21.2. The Morgan fingerprint density at radius 3 is 2.46 bits per heavy atom. The molecule has 3 aromatic rings. The van der Waals surface area contributed by atoms with E-state index in [2.05, 4.69) is 48.0 Å². The van der Waals surface area contributed by atoms with Crippen LogP contribution in [0.5, 0.6) is 5.75 Å². The van der Waals surface area contributed by atoms with Gasteiger partial charge in [0, 0.05) is 49.5 Å². The molecule has 1 fully saturated rings. The lowest BCUT2D eigenvalue weighted by molar-refractivity contribution is 0.104. The fraction of sp³-hybridized carbons (Fsp3) is 0.300. The lowest BCUT2D eigenvalue weighted by Gasteiger charge is -2.35. The predicted molar refractivity (Wildman–Crippen MR) is 145 cm³/mol. The van der Waals surface area contributed by atoms with Gasteiger partial charge in [-0.25, -0.2) is 0 Å². The summed E-state index contributed by atoms with van der Waals surface area (Å²) in [5, 5.41) is 10.2. The zero-order chi connectivity index (χ0) is 24.9. The topological polar surface area (TPSA) is 47.0 Å². The van der Waals surface area contributed by atoms with Crippen LogP contribution in [0.25, 0.3) is 17.2 Å². The lowest BCUT2D eigenvalue weighted by atomic mass is 9.95. The van der Waals surface area contributed by atoms with Crippen LogP contribution in [0.2, 0.25) is 0 Å². The smallest absolute Gasteiger partial charge is 0.187 e. The molecule has 1 aliphatic heterocycles. The van der Waals surface area contributed by atoms with Crippen molar-refractivity contribution in [2.75, 3.05) is 52.2 Å². The minimum atomic E-state index is -0.0170. The van der Waals surface area contributed by atoms with E-state index in [1.807, 2.05) is 55.4 Å². The van der Waals surface area contributed by atoms with Crippen molar-refractivity contribution in [3.05, 3.63) is 89.0 Å². The van der Waals surface area contributed by atoms with Gasteiger partial charge in [0.25, 0.3) is 0 Å². The van der Waals surface area contributed by atoms with Gasteiger partial charge in [-0.2, -0.15) is 0 Å². The molecule has 0 aromatic heterocycles. The van der Waals surface area contributed by atoms with Crippen molar-refractivity contribution in [1.29, 1.82) is 0 Å².